The van der Waals surface area contributed by atoms with Crippen molar-refractivity contribution in [2.24, 2.45) is 0 Å². The predicted molar refractivity (Wildman–Crippen MR) is 106 cm³/mol. The second kappa shape index (κ2) is 8.32. The lowest BCUT2D eigenvalue weighted by Crippen LogP contribution is -2.37. The first-order chi connectivity index (χ1) is 13.2. The molecule has 0 amide bonds. The fourth-order valence-electron chi connectivity index (χ4n) is 3.18. The number of halogens is 1. The molecule has 0 spiro atoms. The molecule has 6 nitrogen and oxygen atoms in total. The van der Waals surface area contributed by atoms with E-state index in [9.17, 15) is 9.18 Å². The first kappa shape index (κ1) is 20.4. The van der Waals surface area contributed by atoms with E-state index in [2.05, 4.69) is 14.9 Å². The number of hydrogen-bond donors (Lipinski definition) is 0. The van der Waals surface area contributed by atoms with Gasteiger partial charge in [0.25, 0.3) is 0 Å². The van der Waals surface area contributed by atoms with Crippen LogP contribution in [-0.2, 0) is 4.84 Å². The average molecular weight is 386 g/mol. The highest BCUT2D eigenvalue weighted by Crippen LogP contribution is 2.19. The number of rotatable bonds is 4. The Bertz CT molecular complexity index is 851. The molecule has 7 heteroatoms. The van der Waals surface area contributed by atoms with E-state index in [1.165, 1.54) is 12.3 Å². The highest BCUT2D eigenvalue weighted by molar-refractivity contribution is 6.07. The molecule has 1 aliphatic rings. The SMILES string of the molecule is Cc1cnc(F)c(C(=O)c2cccc(N3CCCN(OC(C)(C)C)CC3)n2)c1. The number of aromatic nitrogens is 2. The Morgan fingerprint density at radius 1 is 1.18 bits per heavy atom. The Kier molecular flexibility index (Phi) is 6.05. The summed E-state index contributed by atoms with van der Waals surface area (Å²) in [6.07, 6.45) is 2.32. The summed E-state index contributed by atoms with van der Waals surface area (Å²) in [6, 6.07) is 6.78. The van der Waals surface area contributed by atoms with Crippen molar-refractivity contribution < 1.29 is 14.0 Å². The van der Waals surface area contributed by atoms with Crippen molar-refractivity contribution in [2.45, 2.75) is 39.7 Å². The predicted octanol–water partition coefficient (Wildman–Crippen LogP) is 3.40. The van der Waals surface area contributed by atoms with Gasteiger partial charge in [-0.05, 0) is 57.9 Å². The second-order valence-electron chi connectivity index (χ2n) is 8.03. The second-order valence-corrected chi connectivity index (χ2v) is 8.03. The van der Waals surface area contributed by atoms with Gasteiger partial charge in [0, 0.05) is 32.4 Å². The van der Waals surface area contributed by atoms with E-state index < -0.39 is 11.7 Å². The van der Waals surface area contributed by atoms with Gasteiger partial charge in [-0.3, -0.25) is 9.63 Å². The Balaban J connectivity index is 1.76. The molecule has 0 aliphatic carbocycles. The topological polar surface area (TPSA) is 58.6 Å². The minimum Gasteiger partial charge on any atom is -0.355 e. The molecule has 1 saturated heterocycles. The Labute approximate surface area is 165 Å². The normalized spacial score (nSPS) is 16.1. The number of ketones is 1. The quantitative estimate of drug-likeness (QED) is 0.593. The minimum atomic E-state index is -0.771. The van der Waals surface area contributed by atoms with E-state index in [0.29, 0.717) is 5.82 Å². The van der Waals surface area contributed by atoms with Crippen molar-refractivity contribution in [2.75, 3.05) is 31.1 Å². The third kappa shape index (κ3) is 5.11. The van der Waals surface area contributed by atoms with Gasteiger partial charge in [0.1, 0.15) is 11.5 Å². The zero-order valence-electron chi connectivity index (χ0n) is 16.9. The molecule has 0 atom stereocenters. The van der Waals surface area contributed by atoms with Crippen molar-refractivity contribution >= 4 is 11.6 Å². The highest BCUT2D eigenvalue weighted by atomic mass is 19.1. The van der Waals surface area contributed by atoms with Crippen LogP contribution in [0.2, 0.25) is 0 Å². The molecule has 150 valence electrons. The maximum atomic E-state index is 14.0. The summed E-state index contributed by atoms with van der Waals surface area (Å²) in [5, 5.41) is 1.99. The number of aryl methyl sites for hydroxylation is 1. The fourth-order valence-corrected chi connectivity index (χ4v) is 3.18. The lowest BCUT2D eigenvalue weighted by molar-refractivity contribution is -0.225. The molecule has 0 unspecified atom stereocenters. The minimum absolute atomic E-state index is 0.0507. The first-order valence-corrected chi connectivity index (χ1v) is 9.56. The zero-order valence-corrected chi connectivity index (χ0v) is 16.9. The van der Waals surface area contributed by atoms with E-state index in [1.54, 1.807) is 19.1 Å². The highest BCUT2D eigenvalue weighted by Gasteiger charge is 2.22. The number of carbonyl (C=O) groups excluding carboxylic acids is 1. The van der Waals surface area contributed by atoms with Crippen LogP contribution in [0.3, 0.4) is 0 Å². The summed E-state index contributed by atoms with van der Waals surface area (Å²) in [7, 11) is 0. The van der Waals surface area contributed by atoms with E-state index in [0.717, 1.165) is 38.2 Å². The van der Waals surface area contributed by atoms with Gasteiger partial charge in [-0.2, -0.15) is 9.45 Å². The van der Waals surface area contributed by atoms with Gasteiger partial charge in [0.05, 0.1) is 11.2 Å². The van der Waals surface area contributed by atoms with Gasteiger partial charge in [-0.1, -0.05) is 6.07 Å². The van der Waals surface area contributed by atoms with Gasteiger partial charge in [-0.25, -0.2) is 9.97 Å². The summed E-state index contributed by atoms with van der Waals surface area (Å²) >= 11 is 0. The zero-order chi connectivity index (χ0) is 20.3. The molecule has 0 N–H and O–H groups in total. The number of hydrogen-bond acceptors (Lipinski definition) is 6. The van der Waals surface area contributed by atoms with Gasteiger partial charge >= 0.3 is 0 Å². The number of pyridine rings is 2. The molecule has 3 heterocycles. The van der Waals surface area contributed by atoms with Crippen molar-refractivity contribution in [1.82, 2.24) is 15.0 Å². The van der Waals surface area contributed by atoms with Gasteiger partial charge < -0.3 is 4.90 Å². The summed E-state index contributed by atoms with van der Waals surface area (Å²) in [4.78, 5) is 29.0. The number of nitrogens with zero attached hydrogens (tertiary/aromatic N) is 4. The smallest absolute Gasteiger partial charge is 0.224 e. The first-order valence-electron chi connectivity index (χ1n) is 9.56. The van der Waals surface area contributed by atoms with Crippen LogP contribution < -0.4 is 4.90 Å². The molecular formula is C21H27FN4O2. The molecule has 2 aromatic rings. The van der Waals surface area contributed by atoms with Crippen molar-refractivity contribution in [1.29, 1.82) is 0 Å². The largest absolute Gasteiger partial charge is 0.355 e. The molecule has 0 saturated carbocycles. The van der Waals surface area contributed by atoms with E-state index in [1.807, 2.05) is 31.9 Å². The maximum Gasteiger partial charge on any atom is 0.224 e. The van der Waals surface area contributed by atoms with Crippen LogP contribution >= 0.6 is 0 Å². The Hall–Kier alpha value is -2.38. The molecule has 0 aromatic carbocycles. The lowest BCUT2D eigenvalue weighted by Gasteiger charge is -2.29. The molecule has 1 fully saturated rings. The van der Waals surface area contributed by atoms with Crippen LogP contribution in [0.1, 0.15) is 48.8 Å². The molecule has 0 bridgehead atoms. The third-order valence-corrected chi connectivity index (χ3v) is 4.37. The van der Waals surface area contributed by atoms with Crippen LogP contribution in [0.4, 0.5) is 10.2 Å². The molecular weight excluding hydrogens is 359 g/mol. The van der Waals surface area contributed by atoms with Crippen LogP contribution in [0.25, 0.3) is 0 Å². The third-order valence-electron chi connectivity index (χ3n) is 4.37. The Morgan fingerprint density at radius 3 is 2.71 bits per heavy atom. The molecule has 2 aromatic heterocycles. The number of hydroxylamine groups is 2. The van der Waals surface area contributed by atoms with Gasteiger partial charge in [0.15, 0.2) is 0 Å². The molecule has 3 rings (SSSR count). The summed E-state index contributed by atoms with van der Waals surface area (Å²) < 4.78 is 14.0. The molecule has 0 radical (unpaired) electrons. The summed E-state index contributed by atoms with van der Waals surface area (Å²) in [5.74, 6) is -0.514. The maximum absolute atomic E-state index is 14.0. The number of carbonyl (C=O) groups is 1. The van der Waals surface area contributed by atoms with Crippen LogP contribution in [0, 0.1) is 12.9 Å². The monoisotopic (exact) mass is 386 g/mol. The van der Waals surface area contributed by atoms with Crippen LogP contribution in [0.15, 0.2) is 30.5 Å². The molecule has 28 heavy (non-hydrogen) atoms. The Morgan fingerprint density at radius 2 is 1.96 bits per heavy atom. The van der Waals surface area contributed by atoms with E-state index in [-0.39, 0.29) is 16.9 Å². The van der Waals surface area contributed by atoms with Crippen LogP contribution in [0.5, 0.6) is 0 Å². The molecule has 1 aliphatic heterocycles. The average Bonchev–Trinajstić information content (AvgIpc) is 2.87. The van der Waals surface area contributed by atoms with Crippen LogP contribution in [-0.4, -0.2) is 52.6 Å². The fraction of sp³-hybridized carbons (Fsp3) is 0.476. The van der Waals surface area contributed by atoms with Gasteiger partial charge in [-0.15, -0.1) is 0 Å². The van der Waals surface area contributed by atoms with Gasteiger partial charge in [0.2, 0.25) is 11.7 Å². The van der Waals surface area contributed by atoms with Crippen molar-refractivity contribution in [3.63, 3.8) is 0 Å². The van der Waals surface area contributed by atoms with Crippen molar-refractivity contribution in [3.05, 3.63) is 53.2 Å². The van der Waals surface area contributed by atoms with Crippen molar-refractivity contribution in [3.8, 4) is 0 Å². The number of anilines is 1. The lowest BCUT2D eigenvalue weighted by atomic mass is 10.1. The van der Waals surface area contributed by atoms with E-state index in [4.69, 9.17) is 4.84 Å². The summed E-state index contributed by atoms with van der Waals surface area (Å²) in [5.41, 5.74) is 0.666. The standard InChI is InChI=1S/C21H27FN4O2/c1-15-13-16(20(22)23-14-15)19(27)17-7-5-8-18(24-17)25-9-6-10-26(12-11-25)28-21(2,3)4/h5,7-8,13-14H,6,9-12H2,1-4H3. The summed E-state index contributed by atoms with van der Waals surface area (Å²) in [6.45, 7) is 11.0. The van der Waals surface area contributed by atoms with E-state index >= 15 is 0 Å².